The van der Waals surface area contributed by atoms with Crippen molar-refractivity contribution in [3.63, 3.8) is 0 Å². The zero-order chi connectivity index (χ0) is 19.8. The van der Waals surface area contributed by atoms with Crippen LogP contribution in [0.1, 0.15) is 12.0 Å². The monoisotopic (exact) mass is 421 g/mol. The number of para-hydroxylation sites is 1. The summed E-state index contributed by atoms with van der Waals surface area (Å²) in [6.45, 7) is 5.88. The number of morpholine rings is 1. The largest absolute Gasteiger partial charge is 0.379 e. The van der Waals surface area contributed by atoms with Crippen LogP contribution in [0.4, 0.5) is 10.1 Å². The molecule has 0 atom stereocenters. The van der Waals surface area contributed by atoms with E-state index in [0.29, 0.717) is 22.4 Å². The second kappa shape index (κ2) is 10.7. The first-order chi connectivity index (χ1) is 13.6. The van der Waals surface area contributed by atoms with Gasteiger partial charge in [0.25, 0.3) is 0 Å². The Hall–Kier alpha value is -1.73. The van der Waals surface area contributed by atoms with Gasteiger partial charge in [-0.05, 0) is 48.5 Å². The zero-order valence-corrected chi connectivity index (χ0v) is 17.3. The third kappa shape index (κ3) is 6.41. The molecular formula is C21H25ClFN3OS. The van der Waals surface area contributed by atoms with Crippen molar-refractivity contribution in [1.82, 2.24) is 9.80 Å². The van der Waals surface area contributed by atoms with Gasteiger partial charge in [0.1, 0.15) is 5.82 Å². The third-order valence-electron chi connectivity index (χ3n) is 4.67. The quantitative estimate of drug-likeness (QED) is 0.669. The molecule has 4 nitrogen and oxygen atoms in total. The van der Waals surface area contributed by atoms with E-state index < -0.39 is 0 Å². The highest BCUT2D eigenvalue weighted by atomic mass is 35.5. The fourth-order valence-electron chi connectivity index (χ4n) is 3.17. The van der Waals surface area contributed by atoms with E-state index in [2.05, 4.69) is 15.1 Å². The molecule has 0 aliphatic carbocycles. The smallest absolute Gasteiger partial charge is 0.173 e. The van der Waals surface area contributed by atoms with E-state index in [4.69, 9.17) is 28.6 Å². The van der Waals surface area contributed by atoms with Gasteiger partial charge in [-0.3, -0.25) is 4.90 Å². The van der Waals surface area contributed by atoms with Gasteiger partial charge < -0.3 is 15.0 Å². The number of ether oxygens (including phenoxy) is 1. The highest BCUT2D eigenvalue weighted by Crippen LogP contribution is 2.17. The lowest BCUT2D eigenvalue weighted by Gasteiger charge is -2.29. The maximum Gasteiger partial charge on any atom is 0.173 e. The van der Waals surface area contributed by atoms with Crippen LogP contribution in [-0.4, -0.2) is 54.3 Å². The number of thiocarbonyl (C=S) groups is 1. The number of anilines is 1. The molecule has 2 aromatic carbocycles. The third-order valence-corrected chi connectivity index (χ3v) is 5.27. The van der Waals surface area contributed by atoms with E-state index in [9.17, 15) is 4.39 Å². The van der Waals surface area contributed by atoms with E-state index >= 15 is 0 Å². The van der Waals surface area contributed by atoms with Gasteiger partial charge in [0.15, 0.2) is 5.11 Å². The van der Waals surface area contributed by atoms with Gasteiger partial charge in [0.2, 0.25) is 0 Å². The van der Waals surface area contributed by atoms with Crippen LogP contribution in [0.5, 0.6) is 0 Å². The first kappa shape index (κ1) is 21.0. The second-order valence-electron chi connectivity index (χ2n) is 6.77. The molecule has 28 heavy (non-hydrogen) atoms. The number of hydrogen-bond donors (Lipinski definition) is 1. The van der Waals surface area contributed by atoms with Gasteiger partial charge in [-0.15, -0.1) is 0 Å². The van der Waals surface area contributed by atoms with Crippen LogP contribution in [0.2, 0.25) is 5.02 Å². The van der Waals surface area contributed by atoms with Crippen molar-refractivity contribution in [2.24, 2.45) is 0 Å². The lowest BCUT2D eigenvalue weighted by molar-refractivity contribution is 0.0368. The average molecular weight is 422 g/mol. The molecular weight excluding hydrogens is 397 g/mol. The van der Waals surface area contributed by atoms with Gasteiger partial charge in [0.05, 0.1) is 18.9 Å². The summed E-state index contributed by atoms with van der Waals surface area (Å²) in [7, 11) is 0. The molecule has 1 aliphatic rings. The number of benzene rings is 2. The minimum Gasteiger partial charge on any atom is -0.379 e. The summed E-state index contributed by atoms with van der Waals surface area (Å²) in [6, 6.07) is 14.3. The van der Waals surface area contributed by atoms with Gasteiger partial charge in [-0.25, -0.2) is 4.39 Å². The molecule has 0 bridgehead atoms. The minimum absolute atomic E-state index is 0.319. The molecule has 0 amide bonds. The number of hydrogen-bond acceptors (Lipinski definition) is 3. The predicted octanol–water partition coefficient (Wildman–Crippen LogP) is 4.40. The Morgan fingerprint density at radius 3 is 2.71 bits per heavy atom. The van der Waals surface area contributed by atoms with E-state index in [1.165, 1.54) is 6.07 Å². The van der Waals surface area contributed by atoms with Crippen molar-refractivity contribution in [1.29, 1.82) is 0 Å². The summed E-state index contributed by atoms with van der Waals surface area (Å²) in [5.74, 6) is -0.319. The standard InChI is InChI=1S/C21H25ClFN3OS/c22-18-6-3-5-17(15-18)16-26(10-4-9-25-11-13-27-14-12-25)21(28)24-20-8-2-1-7-19(20)23/h1-3,5-8,15H,4,9-14,16H2,(H,24,28). The van der Waals surface area contributed by atoms with E-state index in [-0.39, 0.29) is 5.82 Å². The molecule has 0 aromatic heterocycles. The maximum atomic E-state index is 14.0. The molecule has 0 spiro atoms. The average Bonchev–Trinajstić information content (AvgIpc) is 2.70. The van der Waals surface area contributed by atoms with Gasteiger partial charge >= 0.3 is 0 Å². The van der Waals surface area contributed by atoms with Crippen molar-refractivity contribution in [2.45, 2.75) is 13.0 Å². The lowest BCUT2D eigenvalue weighted by Crippen LogP contribution is -2.40. The van der Waals surface area contributed by atoms with Crippen LogP contribution in [0.25, 0.3) is 0 Å². The zero-order valence-electron chi connectivity index (χ0n) is 15.7. The molecule has 7 heteroatoms. The summed E-state index contributed by atoms with van der Waals surface area (Å²) in [6.07, 6.45) is 0.958. The Morgan fingerprint density at radius 2 is 1.96 bits per heavy atom. The van der Waals surface area contributed by atoms with E-state index in [1.807, 2.05) is 24.3 Å². The van der Waals surface area contributed by atoms with Crippen molar-refractivity contribution >= 4 is 34.6 Å². The number of nitrogens with one attached hydrogen (secondary N) is 1. The summed E-state index contributed by atoms with van der Waals surface area (Å²) < 4.78 is 19.4. The highest BCUT2D eigenvalue weighted by Gasteiger charge is 2.15. The topological polar surface area (TPSA) is 27.7 Å². The molecule has 2 aromatic rings. The fraction of sp³-hybridized carbons (Fsp3) is 0.381. The van der Waals surface area contributed by atoms with E-state index in [0.717, 1.165) is 51.4 Å². The Morgan fingerprint density at radius 1 is 1.18 bits per heavy atom. The molecule has 1 fully saturated rings. The first-order valence-electron chi connectivity index (χ1n) is 9.47. The van der Waals surface area contributed by atoms with Crippen LogP contribution < -0.4 is 5.32 Å². The molecule has 0 saturated carbocycles. The van der Waals surface area contributed by atoms with Crippen LogP contribution in [0, 0.1) is 5.82 Å². The first-order valence-corrected chi connectivity index (χ1v) is 10.3. The molecule has 1 heterocycles. The molecule has 150 valence electrons. The molecule has 1 aliphatic heterocycles. The molecule has 1 saturated heterocycles. The van der Waals surface area contributed by atoms with E-state index in [1.54, 1.807) is 18.2 Å². The van der Waals surface area contributed by atoms with Crippen LogP contribution in [0.15, 0.2) is 48.5 Å². The Balaban J connectivity index is 1.64. The lowest BCUT2D eigenvalue weighted by atomic mass is 10.2. The van der Waals surface area contributed by atoms with Crippen LogP contribution >= 0.6 is 23.8 Å². The van der Waals surface area contributed by atoms with Gasteiger partial charge in [-0.2, -0.15) is 0 Å². The molecule has 1 N–H and O–H groups in total. The SMILES string of the molecule is Fc1ccccc1NC(=S)N(CCCN1CCOCC1)Cc1cccc(Cl)c1. The fourth-order valence-corrected chi connectivity index (χ4v) is 3.65. The minimum atomic E-state index is -0.319. The summed E-state index contributed by atoms with van der Waals surface area (Å²) in [5, 5.41) is 4.25. The Bertz CT molecular complexity index is 786. The number of rotatable bonds is 7. The van der Waals surface area contributed by atoms with Crippen LogP contribution in [0.3, 0.4) is 0 Å². The Labute approximate surface area is 176 Å². The number of nitrogens with zero attached hydrogens (tertiary/aromatic N) is 2. The second-order valence-corrected chi connectivity index (χ2v) is 7.59. The Kier molecular flexibility index (Phi) is 8.03. The molecule has 0 radical (unpaired) electrons. The summed E-state index contributed by atoms with van der Waals surface area (Å²) >= 11 is 11.7. The van der Waals surface area contributed by atoms with Crippen molar-refractivity contribution in [3.05, 3.63) is 64.9 Å². The molecule has 0 unspecified atom stereocenters. The maximum absolute atomic E-state index is 14.0. The summed E-state index contributed by atoms with van der Waals surface area (Å²) in [4.78, 5) is 4.46. The van der Waals surface area contributed by atoms with Gasteiger partial charge in [-0.1, -0.05) is 35.9 Å². The normalized spacial score (nSPS) is 14.6. The van der Waals surface area contributed by atoms with Crippen molar-refractivity contribution < 1.29 is 9.13 Å². The van der Waals surface area contributed by atoms with Gasteiger partial charge in [0, 0.05) is 37.7 Å². The van der Waals surface area contributed by atoms with Crippen molar-refractivity contribution in [3.8, 4) is 0 Å². The summed E-state index contributed by atoms with van der Waals surface area (Å²) in [5.41, 5.74) is 1.45. The predicted molar refractivity (Wildman–Crippen MR) is 116 cm³/mol. The van der Waals surface area contributed by atoms with Crippen molar-refractivity contribution in [2.75, 3.05) is 44.7 Å². The molecule has 3 rings (SSSR count). The van der Waals surface area contributed by atoms with Crippen LogP contribution in [-0.2, 0) is 11.3 Å². The number of halogens is 2. The highest BCUT2D eigenvalue weighted by molar-refractivity contribution is 7.80.